The summed E-state index contributed by atoms with van der Waals surface area (Å²) in [6.07, 6.45) is 5.33. The third-order valence-corrected chi connectivity index (χ3v) is 5.19. The number of benzene rings is 1. The van der Waals surface area contributed by atoms with E-state index in [1.165, 1.54) is 12.1 Å². The zero-order valence-electron chi connectivity index (χ0n) is 16.0. The highest BCUT2D eigenvalue weighted by atomic mass is 19.1. The number of fused-ring (bicyclic) bond motifs is 1. The molecule has 0 radical (unpaired) electrons. The molecule has 4 aromatic rings. The largest absolute Gasteiger partial charge is 0.362 e. The highest BCUT2D eigenvalue weighted by Crippen LogP contribution is 2.35. The van der Waals surface area contributed by atoms with Crippen molar-refractivity contribution in [3.8, 4) is 22.5 Å². The average Bonchev–Trinajstić information content (AvgIpc) is 3.31. The quantitative estimate of drug-likeness (QED) is 0.426. The maximum absolute atomic E-state index is 13.4. The van der Waals surface area contributed by atoms with Crippen LogP contribution in [0.5, 0.6) is 0 Å². The Bertz CT molecular complexity index is 1180. The van der Waals surface area contributed by atoms with Crippen molar-refractivity contribution >= 4 is 11.5 Å². The Hall–Kier alpha value is -3.46. The summed E-state index contributed by atoms with van der Waals surface area (Å²) in [5.74, 6) is 0.592. The van der Waals surface area contributed by atoms with Gasteiger partial charge in [0.15, 0.2) is 0 Å². The Morgan fingerprint density at radius 3 is 2.39 bits per heavy atom. The Morgan fingerprint density at radius 2 is 1.71 bits per heavy atom. The standard InChI is InChI=1S/C22H20FN5/c1-14(2)15(3)28-13-26-21(16-5-8-18(23)9-6-16)22(28)17-7-10-19-25-11-20(24-4)27(19)12-17/h5-15H,1-3H3. The van der Waals surface area contributed by atoms with Crippen molar-refractivity contribution in [2.75, 3.05) is 0 Å². The molecule has 0 saturated heterocycles. The molecule has 3 aromatic heterocycles. The Labute approximate surface area is 162 Å². The van der Waals surface area contributed by atoms with Gasteiger partial charge in [-0.1, -0.05) is 20.4 Å². The summed E-state index contributed by atoms with van der Waals surface area (Å²) in [7, 11) is 0. The van der Waals surface area contributed by atoms with Crippen molar-refractivity contribution < 1.29 is 4.39 Å². The van der Waals surface area contributed by atoms with Crippen molar-refractivity contribution in [3.63, 3.8) is 0 Å². The molecule has 28 heavy (non-hydrogen) atoms. The van der Waals surface area contributed by atoms with Crippen LogP contribution in [0.2, 0.25) is 0 Å². The average molecular weight is 373 g/mol. The fourth-order valence-corrected chi connectivity index (χ4v) is 3.29. The van der Waals surface area contributed by atoms with E-state index in [1.807, 2.05) is 24.7 Å². The van der Waals surface area contributed by atoms with E-state index in [0.29, 0.717) is 11.7 Å². The van der Waals surface area contributed by atoms with Gasteiger partial charge in [-0.2, -0.15) is 0 Å². The second-order valence-corrected chi connectivity index (χ2v) is 7.21. The molecule has 0 spiro atoms. The summed E-state index contributed by atoms with van der Waals surface area (Å²) in [6, 6.07) is 10.5. The second kappa shape index (κ2) is 6.93. The van der Waals surface area contributed by atoms with Gasteiger partial charge in [-0.3, -0.25) is 0 Å². The van der Waals surface area contributed by atoms with Crippen molar-refractivity contribution in [1.82, 2.24) is 18.9 Å². The number of rotatable bonds is 4. The molecule has 6 heteroatoms. The van der Waals surface area contributed by atoms with Gasteiger partial charge in [-0.25, -0.2) is 18.8 Å². The van der Waals surface area contributed by atoms with Crippen LogP contribution in [0.4, 0.5) is 10.2 Å². The van der Waals surface area contributed by atoms with Gasteiger partial charge >= 0.3 is 0 Å². The third kappa shape index (κ3) is 2.95. The normalized spacial score (nSPS) is 12.4. The molecule has 0 aliphatic carbocycles. The van der Waals surface area contributed by atoms with Crippen molar-refractivity contribution in [1.29, 1.82) is 0 Å². The molecule has 1 aromatic carbocycles. The summed E-state index contributed by atoms with van der Waals surface area (Å²) >= 11 is 0. The van der Waals surface area contributed by atoms with Gasteiger partial charge in [0, 0.05) is 23.2 Å². The summed E-state index contributed by atoms with van der Waals surface area (Å²) in [5.41, 5.74) is 4.23. The molecule has 0 N–H and O–H groups in total. The third-order valence-electron chi connectivity index (χ3n) is 5.19. The highest BCUT2D eigenvalue weighted by molar-refractivity contribution is 5.79. The van der Waals surface area contributed by atoms with Crippen LogP contribution in [0.1, 0.15) is 26.8 Å². The van der Waals surface area contributed by atoms with Gasteiger partial charge < -0.3 is 9.41 Å². The van der Waals surface area contributed by atoms with Crippen molar-refractivity contribution in [2.45, 2.75) is 26.8 Å². The van der Waals surface area contributed by atoms with Crippen LogP contribution in [-0.2, 0) is 0 Å². The zero-order chi connectivity index (χ0) is 19.8. The van der Waals surface area contributed by atoms with Gasteiger partial charge in [0.1, 0.15) is 5.82 Å². The molecule has 0 amide bonds. The number of nitrogens with zero attached hydrogens (tertiary/aromatic N) is 5. The van der Waals surface area contributed by atoms with Crippen LogP contribution in [0.25, 0.3) is 33.0 Å². The van der Waals surface area contributed by atoms with Gasteiger partial charge in [0.25, 0.3) is 5.82 Å². The first-order chi connectivity index (χ1) is 13.5. The fraction of sp³-hybridized carbons (Fsp3) is 0.227. The minimum atomic E-state index is -0.276. The first-order valence-corrected chi connectivity index (χ1v) is 9.17. The monoisotopic (exact) mass is 373 g/mol. The van der Waals surface area contributed by atoms with Gasteiger partial charge in [0.2, 0.25) is 5.65 Å². The molecule has 5 nitrogen and oxygen atoms in total. The van der Waals surface area contributed by atoms with Crippen LogP contribution in [0.3, 0.4) is 0 Å². The molecule has 0 bridgehead atoms. The van der Waals surface area contributed by atoms with Crippen LogP contribution in [-0.4, -0.2) is 18.9 Å². The van der Waals surface area contributed by atoms with E-state index in [2.05, 4.69) is 40.2 Å². The number of hydrogen-bond acceptors (Lipinski definition) is 2. The molecule has 0 fully saturated rings. The molecular weight excluding hydrogens is 353 g/mol. The number of pyridine rings is 1. The molecule has 4 rings (SSSR count). The lowest BCUT2D eigenvalue weighted by molar-refractivity contribution is 0.411. The van der Waals surface area contributed by atoms with Crippen LogP contribution < -0.4 is 0 Å². The van der Waals surface area contributed by atoms with E-state index in [9.17, 15) is 4.39 Å². The predicted molar refractivity (Wildman–Crippen MR) is 108 cm³/mol. The minimum absolute atomic E-state index is 0.218. The van der Waals surface area contributed by atoms with Crippen molar-refractivity contribution in [3.05, 3.63) is 72.4 Å². The fourth-order valence-electron chi connectivity index (χ4n) is 3.29. The second-order valence-electron chi connectivity index (χ2n) is 7.21. The lowest BCUT2D eigenvalue weighted by Crippen LogP contribution is -2.12. The lowest BCUT2D eigenvalue weighted by atomic mass is 10.0. The van der Waals surface area contributed by atoms with E-state index in [0.717, 1.165) is 28.2 Å². The number of aromatic nitrogens is 4. The molecule has 0 aliphatic heterocycles. The van der Waals surface area contributed by atoms with E-state index in [1.54, 1.807) is 22.7 Å². The molecule has 1 unspecified atom stereocenters. The van der Waals surface area contributed by atoms with Gasteiger partial charge in [0.05, 0.1) is 30.1 Å². The van der Waals surface area contributed by atoms with Crippen LogP contribution >= 0.6 is 0 Å². The molecular formula is C22H20FN5. The van der Waals surface area contributed by atoms with E-state index >= 15 is 0 Å². The van der Waals surface area contributed by atoms with Gasteiger partial charge in [-0.15, -0.1) is 0 Å². The minimum Gasteiger partial charge on any atom is -0.362 e. The number of hydrogen-bond donors (Lipinski definition) is 0. The molecule has 140 valence electrons. The molecule has 3 heterocycles. The summed E-state index contributed by atoms with van der Waals surface area (Å²) < 4.78 is 17.4. The number of halogens is 1. The topological polar surface area (TPSA) is 39.5 Å². The van der Waals surface area contributed by atoms with E-state index in [-0.39, 0.29) is 11.9 Å². The van der Waals surface area contributed by atoms with Crippen LogP contribution in [0.15, 0.2) is 55.1 Å². The maximum Gasteiger partial charge on any atom is 0.254 e. The zero-order valence-corrected chi connectivity index (χ0v) is 16.0. The predicted octanol–water partition coefficient (Wildman–Crippen LogP) is 5.77. The highest BCUT2D eigenvalue weighted by Gasteiger charge is 2.21. The first kappa shape index (κ1) is 17.9. The Kier molecular flexibility index (Phi) is 4.44. The molecule has 0 aliphatic rings. The first-order valence-electron chi connectivity index (χ1n) is 9.17. The lowest BCUT2D eigenvalue weighted by Gasteiger charge is -2.20. The Balaban J connectivity index is 1.96. The van der Waals surface area contributed by atoms with E-state index in [4.69, 9.17) is 6.57 Å². The summed E-state index contributed by atoms with van der Waals surface area (Å²) in [4.78, 5) is 12.5. The molecule has 1 atom stereocenters. The Morgan fingerprint density at radius 1 is 1.00 bits per heavy atom. The van der Waals surface area contributed by atoms with E-state index < -0.39 is 0 Å². The number of imidazole rings is 2. The SMILES string of the molecule is [C-]#[N+]c1cnc2ccc(-c3c(-c4ccc(F)cc4)ncn3C(C)C(C)C)cn12. The summed E-state index contributed by atoms with van der Waals surface area (Å²) in [6.45, 7) is 13.9. The van der Waals surface area contributed by atoms with Crippen molar-refractivity contribution in [2.24, 2.45) is 5.92 Å². The maximum atomic E-state index is 13.4. The smallest absolute Gasteiger partial charge is 0.254 e. The summed E-state index contributed by atoms with van der Waals surface area (Å²) in [5, 5.41) is 0. The molecule has 0 saturated carbocycles. The van der Waals surface area contributed by atoms with Crippen LogP contribution in [0, 0.1) is 18.3 Å². The van der Waals surface area contributed by atoms with Gasteiger partial charge in [-0.05, 0) is 43.2 Å².